The van der Waals surface area contributed by atoms with Gasteiger partial charge in [-0.2, -0.15) is 0 Å². The Kier molecular flexibility index (Phi) is 6.65. The Labute approximate surface area is 141 Å². The molecule has 0 atom stereocenters. The molecule has 1 aromatic heterocycles. The molecular formula is C17H24N4OS. The summed E-state index contributed by atoms with van der Waals surface area (Å²) in [5.41, 5.74) is 1.19. The summed E-state index contributed by atoms with van der Waals surface area (Å²) in [7, 11) is 0. The topological polar surface area (TPSA) is 59.8 Å². The number of aromatic nitrogens is 3. The molecule has 2 aromatic rings. The summed E-state index contributed by atoms with van der Waals surface area (Å²) < 4.78 is 2.06. The summed E-state index contributed by atoms with van der Waals surface area (Å²) in [4.78, 5) is 12.2. The molecule has 0 spiro atoms. The van der Waals surface area contributed by atoms with E-state index in [1.807, 2.05) is 38.3 Å². The molecule has 5 nitrogen and oxygen atoms in total. The van der Waals surface area contributed by atoms with Crippen LogP contribution in [0.5, 0.6) is 0 Å². The van der Waals surface area contributed by atoms with Gasteiger partial charge in [-0.25, -0.2) is 0 Å². The lowest BCUT2D eigenvalue weighted by atomic mass is 10.0. The van der Waals surface area contributed by atoms with Crippen molar-refractivity contribution in [1.29, 1.82) is 0 Å². The third-order valence-electron chi connectivity index (χ3n) is 3.94. The second kappa shape index (κ2) is 8.72. The summed E-state index contributed by atoms with van der Waals surface area (Å²) in [6.45, 7) is 5.20. The van der Waals surface area contributed by atoms with Crippen LogP contribution in [0.2, 0.25) is 0 Å². The molecule has 1 aromatic carbocycles. The first-order chi connectivity index (χ1) is 11.2. The van der Waals surface area contributed by atoms with Gasteiger partial charge in [0.05, 0.1) is 13.1 Å². The van der Waals surface area contributed by atoms with Crippen molar-refractivity contribution in [2.75, 3.05) is 6.26 Å². The number of rotatable bonds is 8. The van der Waals surface area contributed by atoms with Gasteiger partial charge in [0.2, 0.25) is 5.91 Å². The van der Waals surface area contributed by atoms with E-state index in [9.17, 15) is 4.79 Å². The predicted molar refractivity (Wildman–Crippen MR) is 93.3 cm³/mol. The van der Waals surface area contributed by atoms with Crippen molar-refractivity contribution in [3.63, 3.8) is 0 Å². The van der Waals surface area contributed by atoms with Crippen LogP contribution in [0.4, 0.5) is 0 Å². The first-order valence-electron chi connectivity index (χ1n) is 7.97. The van der Waals surface area contributed by atoms with Crippen LogP contribution >= 0.6 is 11.8 Å². The van der Waals surface area contributed by atoms with Crippen LogP contribution in [0.1, 0.15) is 38.1 Å². The van der Waals surface area contributed by atoms with Crippen LogP contribution in [-0.4, -0.2) is 26.9 Å². The zero-order chi connectivity index (χ0) is 16.7. The summed E-state index contributed by atoms with van der Waals surface area (Å²) in [6.07, 6.45) is 3.70. The maximum Gasteiger partial charge on any atom is 0.223 e. The molecule has 0 aliphatic heterocycles. The highest BCUT2D eigenvalue weighted by Crippen LogP contribution is 2.16. The number of carbonyl (C=O) groups is 1. The van der Waals surface area contributed by atoms with Crippen LogP contribution in [-0.2, 0) is 17.9 Å². The van der Waals surface area contributed by atoms with E-state index in [0.717, 1.165) is 23.8 Å². The molecule has 1 heterocycles. The fourth-order valence-electron chi connectivity index (χ4n) is 2.50. The standard InChI is InChI=1S/C17H24N4OS/c1-4-14(5-2)16(22)18-11-15-19-20-17(23-3)21(15)12-13-9-7-6-8-10-13/h6-10,14H,4-5,11-12H2,1-3H3,(H,18,22). The number of amides is 1. The highest BCUT2D eigenvalue weighted by Gasteiger charge is 2.16. The molecule has 1 N–H and O–H groups in total. The first-order valence-corrected chi connectivity index (χ1v) is 9.19. The van der Waals surface area contributed by atoms with E-state index >= 15 is 0 Å². The van der Waals surface area contributed by atoms with Gasteiger partial charge >= 0.3 is 0 Å². The third kappa shape index (κ3) is 4.58. The van der Waals surface area contributed by atoms with Crippen molar-refractivity contribution in [3.8, 4) is 0 Å². The molecule has 0 unspecified atom stereocenters. The van der Waals surface area contributed by atoms with E-state index in [4.69, 9.17) is 0 Å². The zero-order valence-corrected chi connectivity index (χ0v) is 14.8. The van der Waals surface area contributed by atoms with Crippen molar-refractivity contribution >= 4 is 17.7 Å². The number of hydrogen-bond acceptors (Lipinski definition) is 4. The van der Waals surface area contributed by atoms with Crippen LogP contribution in [0, 0.1) is 5.92 Å². The molecule has 0 saturated heterocycles. The molecule has 23 heavy (non-hydrogen) atoms. The van der Waals surface area contributed by atoms with E-state index in [2.05, 4.69) is 32.2 Å². The second-order valence-corrected chi connectivity index (χ2v) is 6.18. The van der Waals surface area contributed by atoms with Gasteiger partial charge in [0.15, 0.2) is 11.0 Å². The average Bonchev–Trinajstić information content (AvgIpc) is 2.97. The van der Waals surface area contributed by atoms with E-state index in [1.165, 1.54) is 5.56 Å². The van der Waals surface area contributed by atoms with E-state index in [1.54, 1.807) is 11.8 Å². The van der Waals surface area contributed by atoms with Gasteiger partial charge < -0.3 is 9.88 Å². The quantitative estimate of drug-likeness (QED) is 0.755. The Hall–Kier alpha value is -1.82. The number of nitrogens with one attached hydrogen (secondary N) is 1. The highest BCUT2D eigenvalue weighted by molar-refractivity contribution is 7.98. The van der Waals surface area contributed by atoms with Crippen LogP contribution in [0.25, 0.3) is 0 Å². The van der Waals surface area contributed by atoms with Gasteiger partial charge in [0.1, 0.15) is 0 Å². The molecule has 0 aliphatic rings. The van der Waals surface area contributed by atoms with Gasteiger partial charge in [-0.05, 0) is 24.7 Å². The average molecular weight is 332 g/mol. The highest BCUT2D eigenvalue weighted by atomic mass is 32.2. The summed E-state index contributed by atoms with van der Waals surface area (Å²) in [6, 6.07) is 10.2. The molecule has 0 fully saturated rings. The predicted octanol–water partition coefficient (Wildman–Crippen LogP) is 3.10. The molecule has 0 bridgehead atoms. The number of carbonyl (C=O) groups excluding carboxylic acids is 1. The summed E-state index contributed by atoms with van der Waals surface area (Å²) >= 11 is 1.56. The van der Waals surface area contributed by atoms with Gasteiger partial charge in [-0.1, -0.05) is 55.9 Å². The lowest BCUT2D eigenvalue weighted by Gasteiger charge is -2.13. The molecule has 6 heteroatoms. The molecule has 1 amide bonds. The normalized spacial score (nSPS) is 11.0. The largest absolute Gasteiger partial charge is 0.349 e. The van der Waals surface area contributed by atoms with Crippen LogP contribution in [0.15, 0.2) is 35.5 Å². The lowest BCUT2D eigenvalue weighted by Crippen LogP contribution is -2.30. The van der Waals surface area contributed by atoms with Gasteiger partial charge in [0.25, 0.3) is 0 Å². The maximum atomic E-state index is 12.2. The molecule has 0 radical (unpaired) electrons. The third-order valence-corrected chi connectivity index (χ3v) is 4.60. The van der Waals surface area contributed by atoms with Crippen molar-refractivity contribution < 1.29 is 4.79 Å². The van der Waals surface area contributed by atoms with E-state index < -0.39 is 0 Å². The smallest absolute Gasteiger partial charge is 0.223 e. The lowest BCUT2D eigenvalue weighted by molar-refractivity contribution is -0.125. The van der Waals surface area contributed by atoms with Crippen molar-refractivity contribution in [2.24, 2.45) is 5.92 Å². The fraction of sp³-hybridized carbons (Fsp3) is 0.471. The van der Waals surface area contributed by atoms with Crippen molar-refractivity contribution in [1.82, 2.24) is 20.1 Å². The number of nitrogens with zero attached hydrogens (tertiary/aromatic N) is 3. The minimum atomic E-state index is 0.0699. The van der Waals surface area contributed by atoms with Gasteiger partial charge in [0, 0.05) is 5.92 Å². The van der Waals surface area contributed by atoms with Crippen molar-refractivity contribution in [2.45, 2.75) is 44.9 Å². The molecule has 0 aliphatic carbocycles. The second-order valence-electron chi connectivity index (χ2n) is 5.41. The summed E-state index contributed by atoms with van der Waals surface area (Å²) in [5, 5.41) is 12.3. The first kappa shape index (κ1) is 17.5. The summed E-state index contributed by atoms with van der Waals surface area (Å²) in [5.74, 6) is 0.952. The Morgan fingerprint density at radius 3 is 2.52 bits per heavy atom. The van der Waals surface area contributed by atoms with Crippen molar-refractivity contribution in [3.05, 3.63) is 41.7 Å². The Morgan fingerprint density at radius 1 is 1.22 bits per heavy atom. The zero-order valence-electron chi connectivity index (χ0n) is 14.0. The minimum Gasteiger partial charge on any atom is -0.349 e. The maximum absolute atomic E-state index is 12.2. The molecule has 124 valence electrons. The molecule has 2 rings (SSSR count). The van der Waals surface area contributed by atoms with Crippen LogP contribution in [0.3, 0.4) is 0 Å². The Balaban J connectivity index is 2.10. The number of hydrogen-bond donors (Lipinski definition) is 1. The Bertz CT molecular complexity index is 623. The monoisotopic (exact) mass is 332 g/mol. The van der Waals surface area contributed by atoms with Crippen LogP contribution < -0.4 is 5.32 Å². The van der Waals surface area contributed by atoms with Gasteiger partial charge in [-0.3, -0.25) is 4.79 Å². The van der Waals surface area contributed by atoms with Gasteiger partial charge in [-0.15, -0.1) is 10.2 Å². The number of benzene rings is 1. The number of thioether (sulfide) groups is 1. The minimum absolute atomic E-state index is 0.0699. The fourth-order valence-corrected chi connectivity index (χ4v) is 3.01. The SMILES string of the molecule is CCC(CC)C(=O)NCc1nnc(SC)n1Cc1ccccc1. The van der Waals surface area contributed by atoms with E-state index in [-0.39, 0.29) is 11.8 Å². The Morgan fingerprint density at radius 2 is 1.91 bits per heavy atom. The molecular weight excluding hydrogens is 308 g/mol. The molecule has 0 saturated carbocycles. The van der Waals surface area contributed by atoms with E-state index in [0.29, 0.717) is 13.1 Å².